The summed E-state index contributed by atoms with van der Waals surface area (Å²) in [5, 5.41) is 2.75. The van der Waals surface area contributed by atoms with Crippen LogP contribution in [0.3, 0.4) is 0 Å². The Morgan fingerprint density at radius 3 is 2.36 bits per heavy atom. The van der Waals surface area contributed by atoms with Crippen molar-refractivity contribution in [2.75, 3.05) is 46.7 Å². The van der Waals surface area contributed by atoms with Crippen LogP contribution in [0.5, 0.6) is 0 Å². The molecule has 7 nitrogen and oxygen atoms in total. The minimum absolute atomic E-state index is 0.0159. The Morgan fingerprint density at radius 2 is 1.72 bits per heavy atom. The van der Waals surface area contributed by atoms with Crippen LogP contribution >= 0.6 is 0 Å². The highest BCUT2D eigenvalue weighted by Crippen LogP contribution is 2.07. The van der Waals surface area contributed by atoms with Gasteiger partial charge in [0.15, 0.2) is 0 Å². The molecule has 0 saturated heterocycles. The van der Waals surface area contributed by atoms with Gasteiger partial charge in [-0.1, -0.05) is 19.6 Å². The van der Waals surface area contributed by atoms with E-state index in [9.17, 15) is 9.59 Å². The molecule has 0 bridgehead atoms. The summed E-state index contributed by atoms with van der Waals surface area (Å²) < 4.78 is 20.2. The van der Waals surface area contributed by atoms with Crippen molar-refractivity contribution >= 4 is 20.0 Å². The maximum atomic E-state index is 11.5. The molecule has 25 heavy (non-hydrogen) atoms. The Kier molecular flexibility index (Phi) is 14.1. The Balaban J connectivity index is 3.40. The van der Waals surface area contributed by atoms with Crippen molar-refractivity contribution in [2.24, 2.45) is 0 Å². The Bertz CT molecular complexity index is 395. The number of hydrogen-bond donors (Lipinski definition) is 1. The molecular formula is C17H33NO6Si. The highest BCUT2D eigenvalue weighted by Gasteiger charge is 2.13. The smallest absolute Gasteiger partial charge is 0.332 e. The normalized spacial score (nSPS) is 11.5. The fourth-order valence-electron chi connectivity index (χ4n) is 1.61. The molecule has 0 fully saturated rings. The van der Waals surface area contributed by atoms with E-state index in [-0.39, 0.29) is 38.3 Å². The van der Waals surface area contributed by atoms with E-state index in [1.165, 1.54) is 0 Å². The minimum atomic E-state index is -1.19. The average Bonchev–Trinajstić information content (AvgIpc) is 2.52. The maximum Gasteiger partial charge on any atom is 0.332 e. The fourth-order valence-corrected chi connectivity index (χ4v) is 2.33. The Morgan fingerprint density at radius 1 is 1.04 bits per heavy atom. The van der Waals surface area contributed by atoms with Crippen LogP contribution in [0.15, 0.2) is 12.3 Å². The first-order valence-electron chi connectivity index (χ1n) is 8.61. The number of allylic oxidation sites excluding steroid dienone is 1. The van der Waals surface area contributed by atoms with Gasteiger partial charge in [0.2, 0.25) is 5.91 Å². The lowest BCUT2D eigenvalue weighted by Gasteiger charge is -2.15. The lowest BCUT2D eigenvalue weighted by Crippen LogP contribution is -2.29. The second-order valence-corrected chi connectivity index (χ2v) is 12.4. The summed E-state index contributed by atoms with van der Waals surface area (Å²) in [6.45, 7) is 8.13. The molecule has 1 N–H and O–H groups in total. The van der Waals surface area contributed by atoms with E-state index < -0.39 is 8.07 Å². The van der Waals surface area contributed by atoms with Gasteiger partial charge in [-0.15, -0.1) is 0 Å². The van der Waals surface area contributed by atoms with E-state index in [2.05, 4.69) is 25.0 Å². The van der Waals surface area contributed by atoms with Gasteiger partial charge < -0.3 is 24.3 Å². The van der Waals surface area contributed by atoms with Crippen LogP contribution in [-0.2, 0) is 28.5 Å². The first kappa shape index (κ1) is 23.6. The van der Waals surface area contributed by atoms with Gasteiger partial charge in [0.1, 0.15) is 13.2 Å². The number of ether oxygens (including phenoxy) is 4. The van der Waals surface area contributed by atoms with E-state index in [0.717, 1.165) is 18.9 Å². The summed E-state index contributed by atoms with van der Waals surface area (Å²) in [6.07, 6.45) is 5.20. The molecule has 0 rings (SSSR count). The van der Waals surface area contributed by atoms with Gasteiger partial charge in [-0.05, 0) is 25.0 Å². The van der Waals surface area contributed by atoms with Crippen LogP contribution in [0, 0.1) is 0 Å². The highest BCUT2D eigenvalue weighted by atomic mass is 28.3. The largest absolute Gasteiger partial charge is 0.505 e. The molecule has 0 saturated carbocycles. The van der Waals surface area contributed by atoms with Crippen molar-refractivity contribution in [2.45, 2.75) is 38.5 Å². The predicted molar refractivity (Wildman–Crippen MR) is 99.1 cm³/mol. The summed E-state index contributed by atoms with van der Waals surface area (Å²) >= 11 is 0. The number of amides is 1. The second kappa shape index (κ2) is 14.9. The third kappa shape index (κ3) is 18.8. The molecule has 0 aliphatic carbocycles. The molecule has 0 atom stereocenters. The lowest BCUT2D eigenvalue weighted by atomic mass is 10.3. The number of unbranched alkanes of at least 4 members (excludes halogenated alkanes) is 1. The van der Waals surface area contributed by atoms with E-state index in [4.69, 9.17) is 18.9 Å². The number of methoxy groups -OCH3 is 1. The van der Waals surface area contributed by atoms with Gasteiger partial charge in [-0.3, -0.25) is 4.79 Å². The fraction of sp³-hybridized carbons (Fsp3) is 0.765. The van der Waals surface area contributed by atoms with E-state index in [1.807, 2.05) is 6.08 Å². The minimum Gasteiger partial charge on any atom is -0.505 e. The third-order valence-electron chi connectivity index (χ3n) is 3.04. The van der Waals surface area contributed by atoms with Crippen molar-refractivity contribution in [3.63, 3.8) is 0 Å². The zero-order valence-corrected chi connectivity index (χ0v) is 17.0. The molecule has 0 aliphatic rings. The average molecular weight is 376 g/mol. The summed E-state index contributed by atoms with van der Waals surface area (Å²) in [7, 11) is 0.407. The van der Waals surface area contributed by atoms with Crippen LogP contribution in [0.2, 0.25) is 25.7 Å². The zero-order chi connectivity index (χ0) is 19.0. The SMILES string of the molecule is CO/C=C/CCCNC(=O)COCCOCC(=O)OCC[Si](C)(C)C. The van der Waals surface area contributed by atoms with Gasteiger partial charge >= 0.3 is 5.97 Å². The Hall–Kier alpha value is -1.38. The third-order valence-corrected chi connectivity index (χ3v) is 4.75. The molecule has 8 heteroatoms. The van der Waals surface area contributed by atoms with Gasteiger partial charge in [-0.2, -0.15) is 0 Å². The monoisotopic (exact) mass is 375 g/mol. The molecule has 0 spiro atoms. The van der Waals surface area contributed by atoms with Gasteiger partial charge in [0.05, 0.1) is 33.2 Å². The second-order valence-electron chi connectivity index (χ2n) is 6.74. The van der Waals surface area contributed by atoms with Gasteiger partial charge in [-0.25, -0.2) is 4.79 Å². The van der Waals surface area contributed by atoms with Crippen LogP contribution in [0.1, 0.15) is 12.8 Å². The van der Waals surface area contributed by atoms with E-state index in [1.54, 1.807) is 13.4 Å². The molecule has 0 aliphatic heterocycles. The molecule has 0 aromatic heterocycles. The zero-order valence-electron chi connectivity index (χ0n) is 16.0. The van der Waals surface area contributed by atoms with Crippen LogP contribution in [0.25, 0.3) is 0 Å². The van der Waals surface area contributed by atoms with E-state index >= 15 is 0 Å². The number of rotatable bonds is 15. The molecule has 0 unspecified atom stereocenters. The van der Waals surface area contributed by atoms with Gasteiger partial charge in [0, 0.05) is 14.6 Å². The highest BCUT2D eigenvalue weighted by molar-refractivity contribution is 6.76. The lowest BCUT2D eigenvalue weighted by molar-refractivity contribution is -0.149. The van der Waals surface area contributed by atoms with Crippen LogP contribution in [-0.4, -0.2) is 66.6 Å². The summed E-state index contributed by atoms with van der Waals surface area (Å²) in [5.74, 6) is -0.528. The number of hydrogen-bond acceptors (Lipinski definition) is 6. The maximum absolute atomic E-state index is 11.5. The first-order valence-corrected chi connectivity index (χ1v) is 12.3. The number of carbonyl (C=O) groups excluding carboxylic acids is 2. The summed E-state index contributed by atoms with van der Waals surface area (Å²) in [6, 6.07) is 0.944. The molecule has 0 radical (unpaired) electrons. The predicted octanol–water partition coefficient (Wildman–Crippen LogP) is 1.96. The molecule has 146 valence electrons. The number of esters is 1. The van der Waals surface area contributed by atoms with Crippen molar-refractivity contribution in [3.05, 3.63) is 12.3 Å². The quantitative estimate of drug-likeness (QED) is 0.204. The van der Waals surface area contributed by atoms with Crippen molar-refractivity contribution < 1.29 is 28.5 Å². The number of nitrogens with one attached hydrogen (secondary N) is 1. The molecule has 1 amide bonds. The number of carbonyl (C=O) groups is 2. The summed E-state index contributed by atoms with van der Waals surface area (Å²) in [4.78, 5) is 22.9. The summed E-state index contributed by atoms with van der Waals surface area (Å²) in [5.41, 5.74) is 0. The van der Waals surface area contributed by atoms with Crippen molar-refractivity contribution in [1.29, 1.82) is 0 Å². The molecule has 0 aromatic carbocycles. The molecule has 0 aromatic rings. The van der Waals surface area contributed by atoms with Crippen LogP contribution < -0.4 is 5.32 Å². The topological polar surface area (TPSA) is 83.1 Å². The molecule has 0 heterocycles. The molecular weight excluding hydrogens is 342 g/mol. The Labute approximate surface area is 152 Å². The van der Waals surface area contributed by atoms with Gasteiger partial charge in [0.25, 0.3) is 0 Å². The van der Waals surface area contributed by atoms with E-state index in [0.29, 0.717) is 13.2 Å². The van der Waals surface area contributed by atoms with Crippen molar-refractivity contribution in [1.82, 2.24) is 5.32 Å². The standard InChI is InChI=1S/C17H33NO6Si/c1-21-9-7-5-6-8-18-16(19)14-22-10-11-23-15-17(20)24-12-13-25(2,3)4/h7,9H,5-6,8,10-15H2,1-4H3,(H,18,19)/b9-7+. The van der Waals surface area contributed by atoms with Crippen molar-refractivity contribution in [3.8, 4) is 0 Å². The van der Waals surface area contributed by atoms with Crippen LogP contribution in [0.4, 0.5) is 0 Å². The first-order chi connectivity index (χ1) is 11.8.